The molecule has 1 atom stereocenters. The average Bonchev–Trinajstić information content (AvgIpc) is 2.67. The van der Waals surface area contributed by atoms with Crippen LogP contribution in [0.5, 0.6) is 0 Å². The molecule has 1 saturated heterocycles. The molecule has 3 heteroatoms. The molecule has 1 unspecified atom stereocenters. The van der Waals surface area contributed by atoms with E-state index >= 15 is 0 Å². The molecule has 15 heavy (non-hydrogen) atoms. The van der Waals surface area contributed by atoms with E-state index in [1.165, 1.54) is 25.2 Å². The zero-order chi connectivity index (χ0) is 10.8. The highest BCUT2D eigenvalue weighted by molar-refractivity contribution is 9.10. The number of hydrogen-bond donors (Lipinski definition) is 0. The molecule has 0 N–H and O–H groups in total. The van der Waals surface area contributed by atoms with Gasteiger partial charge in [-0.25, -0.2) is 0 Å². The van der Waals surface area contributed by atoms with Crippen LogP contribution in [0.2, 0.25) is 0 Å². The molecule has 1 aliphatic heterocycles. The van der Waals surface area contributed by atoms with Gasteiger partial charge in [0.1, 0.15) is 0 Å². The quantitative estimate of drug-likeness (QED) is 0.818. The highest BCUT2D eigenvalue weighted by Gasteiger charge is 2.25. The molecule has 1 aromatic rings. The fourth-order valence-corrected chi connectivity index (χ4v) is 2.68. The number of pyridine rings is 1. The number of rotatable bonds is 2. The van der Waals surface area contributed by atoms with E-state index in [0.29, 0.717) is 0 Å². The zero-order valence-electron chi connectivity index (χ0n) is 9.28. The van der Waals surface area contributed by atoms with Crippen molar-refractivity contribution in [3.8, 4) is 0 Å². The first-order valence-corrected chi connectivity index (χ1v) is 6.32. The lowest BCUT2D eigenvalue weighted by Gasteiger charge is -2.20. The van der Waals surface area contributed by atoms with Gasteiger partial charge in [-0.15, -0.1) is 0 Å². The molecule has 0 bridgehead atoms. The lowest BCUT2D eigenvalue weighted by molar-refractivity contribution is 0.422. The Hall–Kier alpha value is -0.570. The van der Waals surface area contributed by atoms with Gasteiger partial charge in [0.25, 0.3) is 0 Å². The Morgan fingerprint density at radius 3 is 2.93 bits per heavy atom. The van der Waals surface area contributed by atoms with Crippen LogP contribution >= 0.6 is 15.9 Å². The lowest BCUT2D eigenvalue weighted by atomic mass is 9.95. The molecule has 82 valence electrons. The van der Waals surface area contributed by atoms with Gasteiger partial charge in [-0.05, 0) is 40.3 Å². The fraction of sp³-hybridized carbons (Fsp3) is 0.583. The van der Waals surface area contributed by atoms with Gasteiger partial charge in [0, 0.05) is 25.5 Å². The second-order valence-corrected chi connectivity index (χ2v) is 5.42. The molecule has 0 amide bonds. The van der Waals surface area contributed by atoms with Crippen molar-refractivity contribution < 1.29 is 0 Å². The normalized spacial score (nSPS) is 21.3. The molecular weight excluding hydrogens is 252 g/mol. The Morgan fingerprint density at radius 1 is 1.53 bits per heavy atom. The second-order valence-electron chi connectivity index (χ2n) is 4.57. The van der Waals surface area contributed by atoms with Gasteiger partial charge >= 0.3 is 0 Å². The number of aromatic nitrogens is 1. The first-order chi connectivity index (χ1) is 7.18. The molecule has 0 saturated carbocycles. The van der Waals surface area contributed by atoms with Gasteiger partial charge < -0.3 is 4.90 Å². The van der Waals surface area contributed by atoms with Gasteiger partial charge in [0.2, 0.25) is 0 Å². The summed E-state index contributed by atoms with van der Waals surface area (Å²) in [6.45, 7) is 6.98. The standard InChI is InChI=1S/C12H17BrN2/c1-9(2)10-4-6-15(8-10)12-3-5-14-7-11(12)13/h3,5,7,9-10H,4,6,8H2,1-2H3. The van der Waals surface area contributed by atoms with Crippen molar-refractivity contribution >= 4 is 21.6 Å². The van der Waals surface area contributed by atoms with Crippen LogP contribution in [-0.4, -0.2) is 18.1 Å². The van der Waals surface area contributed by atoms with Crippen molar-refractivity contribution in [2.75, 3.05) is 18.0 Å². The Bertz CT molecular complexity index is 338. The first kappa shape index (κ1) is 10.9. The third-order valence-electron chi connectivity index (χ3n) is 3.26. The monoisotopic (exact) mass is 268 g/mol. The van der Waals surface area contributed by atoms with Crippen LogP contribution in [0.3, 0.4) is 0 Å². The SMILES string of the molecule is CC(C)C1CCN(c2ccncc2Br)C1. The predicted octanol–water partition coefficient (Wildman–Crippen LogP) is 3.33. The molecule has 0 spiro atoms. The molecule has 2 heterocycles. The van der Waals surface area contributed by atoms with Crippen LogP contribution < -0.4 is 4.90 Å². The van der Waals surface area contributed by atoms with Crippen molar-refractivity contribution in [3.05, 3.63) is 22.9 Å². The fourth-order valence-electron chi connectivity index (χ4n) is 2.17. The molecule has 2 nitrogen and oxygen atoms in total. The van der Waals surface area contributed by atoms with Crippen molar-refractivity contribution in [1.29, 1.82) is 0 Å². The molecule has 1 aromatic heterocycles. The maximum absolute atomic E-state index is 4.10. The smallest absolute Gasteiger partial charge is 0.0592 e. The maximum Gasteiger partial charge on any atom is 0.0592 e. The van der Waals surface area contributed by atoms with Crippen LogP contribution in [0.25, 0.3) is 0 Å². The van der Waals surface area contributed by atoms with E-state index in [2.05, 4.69) is 45.7 Å². The summed E-state index contributed by atoms with van der Waals surface area (Å²) in [5.41, 5.74) is 1.29. The van der Waals surface area contributed by atoms with Crippen molar-refractivity contribution in [1.82, 2.24) is 4.98 Å². The maximum atomic E-state index is 4.10. The van der Waals surface area contributed by atoms with Crippen LogP contribution in [0, 0.1) is 11.8 Å². The summed E-state index contributed by atoms with van der Waals surface area (Å²) < 4.78 is 1.11. The summed E-state index contributed by atoms with van der Waals surface area (Å²) in [6, 6.07) is 2.09. The summed E-state index contributed by atoms with van der Waals surface area (Å²) in [6.07, 6.45) is 5.05. The number of halogens is 1. The summed E-state index contributed by atoms with van der Waals surface area (Å²) in [4.78, 5) is 6.55. The molecular formula is C12H17BrN2. The minimum atomic E-state index is 0.788. The van der Waals surface area contributed by atoms with Crippen molar-refractivity contribution in [3.63, 3.8) is 0 Å². The summed E-state index contributed by atoms with van der Waals surface area (Å²) in [7, 11) is 0. The van der Waals surface area contributed by atoms with E-state index in [1.807, 2.05) is 12.4 Å². The third kappa shape index (κ3) is 2.33. The number of anilines is 1. The van der Waals surface area contributed by atoms with E-state index in [4.69, 9.17) is 0 Å². The van der Waals surface area contributed by atoms with Gasteiger partial charge in [-0.1, -0.05) is 13.8 Å². The number of nitrogens with zero attached hydrogens (tertiary/aromatic N) is 2. The highest BCUT2D eigenvalue weighted by atomic mass is 79.9. The largest absolute Gasteiger partial charge is 0.370 e. The summed E-state index contributed by atoms with van der Waals surface area (Å²) >= 11 is 3.56. The Labute approximate surface area is 99.8 Å². The minimum absolute atomic E-state index is 0.788. The van der Waals surface area contributed by atoms with E-state index in [0.717, 1.165) is 16.3 Å². The first-order valence-electron chi connectivity index (χ1n) is 5.53. The van der Waals surface area contributed by atoms with Gasteiger partial charge in [0.05, 0.1) is 10.2 Å². The van der Waals surface area contributed by atoms with Crippen LogP contribution in [0.4, 0.5) is 5.69 Å². The molecule has 1 fully saturated rings. The third-order valence-corrected chi connectivity index (χ3v) is 3.87. The van der Waals surface area contributed by atoms with Crippen molar-refractivity contribution in [2.45, 2.75) is 20.3 Å². The Morgan fingerprint density at radius 2 is 2.33 bits per heavy atom. The molecule has 0 aromatic carbocycles. The Balaban J connectivity index is 2.11. The minimum Gasteiger partial charge on any atom is -0.370 e. The second kappa shape index (κ2) is 4.52. The summed E-state index contributed by atoms with van der Waals surface area (Å²) in [5, 5.41) is 0. The van der Waals surface area contributed by atoms with E-state index in [9.17, 15) is 0 Å². The van der Waals surface area contributed by atoms with E-state index < -0.39 is 0 Å². The van der Waals surface area contributed by atoms with Gasteiger partial charge in [-0.3, -0.25) is 4.98 Å². The molecule has 1 aliphatic rings. The predicted molar refractivity (Wildman–Crippen MR) is 67.1 cm³/mol. The zero-order valence-corrected chi connectivity index (χ0v) is 10.9. The topological polar surface area (TPSA) is 16.1 Å². The molecule has 0 aliphatic carbocycles. The molecule has 2 rings (SSSR count). The Kier molecular flexibility index (Phi) is 3.29. The highest BCUT2D eigenvalue weighted by Crippen LogP contribution is 2.32. The number of hydrogen-bond acceptors (Lipinski definition) is 2. The molecule has 0 radical (unpaired) electrons. The lowest BCUT2D eigenvalue weighted by Crippen LogP contribution is -2.21. The average molecular weight is 269 g/mol. The van der Waals surface area contributed by atoms with E-state index in [-0.39, 0.29) is 0 Å². The van der Waals surface area contributed by atoms with Crippen LogP contribution in [-0.2, 0) is 0 Å². The van der Waals surface area contributed by atoms with E-state index in [1.54, 1.807) is 0 Å². The van der Waals surface area contributed by atoms with Crippen LogP contribution in [0.1, 0.15) is 20.3 Å². The van der Waals surface area contributed by atoms with Crippen molar-refractivity contribution in [2.24, 2.45) is 11.8 Å². The van der Waals surface area contributed by atoms with Crippen LogP contribution in [0.15, 0.2) is 22.9 Å². The summed E-state index contributed by atoms with van der Waals surface area (Å²) in [5.74, 6) is 1.63. The van der Waals surface area contributed by atoms with Gasteiger partial charge in [0.15, 0.2) is 0 Å². The van der Waals surface area contributed by atoms with Gasteiger partial charge in [-0.2, -0.15) is 0 Å².